The molecule has 0 spiro atoms. The number of rotatable bonds is 5. The van der Waals surface area contributed by atoms with Crippen molar-refractivity contribution < 1.29 is 0 Å². The summed E-state index contributed by atoms with van der Waals surface area (Å²) in [6.45, 7) is 1.62. The molecule has 2 aromatic heterocycles. The standard InChI is InChI=1S/C17H25N5/c18-9-4-10-19-17-13-7-3-8-14(13)20-16-11-15(21-22(16)17)12-5-1-2-6-12/h11-12,19H,1-10,18H2. The molecule has 0 bridgehead atoms. The summed E-state index contributed by atoms with van der Waals surface area (Å²) in [5, 5.41) is 8.48. The molecule has 0 aliphatic heterocycles. The average Bonchev–Trinajstić information content (AvgIpc) is 3.25. The molecule has 5 nitrogen and oxygen atoms in total. The summed E-state index contributed by atoms with van der Waals surface area (Å²) in [6, 6.07) is 2.21. The van der Waals surface area contributed by atoms with Crippen molar-refractivity contribution in [1.29, 1.82) is 0 Å². The maximum Gasteiger partial charge on any atom is 0.157 e. The van der Waals surface area contributed by atoms with E-state index in [2.05, 4.69) is 11.4 Å². The summed E-state index contributed by atoms with van der Waals surface area (Å²) in [5.74, 6) is 1.80. The molecule has 0 radical (unpaired) electrons. The summed E-state index contributed by atoms with van der Waals surface area (Å²) in [6.07, 6.45) is 9.63. The molecule has 2 aliphatic carbocycles. The molecule has 1 fully saturated rings. The van der Waals surface area contributed by atoms with Gasteiger partial charge in [-0.05, 0) is 45.1 Å². The molecule has 2 heterocycles. The third-order valence-electron chi connectivity index (χ3n) is 5.09. The topological polar surface area (TPSA) is 68.2 Å². The van der Waals surface area contributed by atoms with Gasteiger partial charge in [0, 0.05) is 29.8 Å². The molecule has 0 atom stereocenters. The molecule has 4 rings (SSSR count). The maximum atomic E-state index is 5.63. The van der Waals surface area contributed by atoms with Gasteiger partial charge in [0.1, 0.15) is 5.82 Å². The summed E-state index contributed by atoms with van der Waals surface area (Å²) < 4.78 is 2.05. The van der Waals surface area contributed by atoms with Gasteiger partial charge in [0.15, 0.2) is 5.65 Å². The number of nitrogens with two attached hydrogens (primary N) is 1. The second-order valence-electron chi connectivity index (χ2n) is 6.63. The van der Waals surface area contributed by atoms with Crippen molar-refractivity contribution in [2.45, 2.75) is 57.3 Å². The lowest BCUT2D eigenvalue weighted by molar-refractivity contribution is 0.684. The number of anilines is 1. The van der Waals surface area contributed by atoms with E-state index in [1.807, 2.05) is 4.52 Å². The van der Waals surface area contributed by atoms with Crippen LogP contribution in [0.4, 0.5) is 5.82 Å². The van der Waals surface area contributed by atoms with Crippen molar-refractivity contribution >= 4 is 11.5 Å². The van der Waals surface area contributed by atoms with E-state index < -0.39 is 0 Å². The number of aromatic nitrogens is 3. The zero-order chi connectivity index (χ0) is 14.9. The van der Waals surface area contributed by atoms with E-state index in [4.69, 9.17) is 15.8 Å². The number of aryl methyl sites for hydroxylation is 1. The first-order chi connectivity index (χ1) is 10.9. The summed E-state index contributed by atoms with van der Waals surface area (Å²) >= 11 is 0. The van der Waals surface area contributed by atoms with Gasteiger partial charge in [0.2, 0.25) is 0 Å². The lowest BCUT2D eigenvalue weighted by atomic mass is 10.1. The van der Waals surface area contributed by atoms with Crippen LogP contribution in [-0.4, -0.2) is 27.7 Å². The Balaban J connectivity index is 1.75. The predicted molar refractivity (Wildman–Crippen MR) is 88.4 cm³/mol. The Kier molecular flexibility index (Phi) is 3.74. The quantitative estimate of drug-likeness (QED) is 0.833. The molecule has 2 aliphatic rings. The van der Waals surface area contributed by atoms with Crippen LogP contribution in [0.2, 0.25) is 0 Å². The maximum absolute atomic E-state index is 5.63. The van der Waals surface area contributed by atoms with E-state index in [0.29, 0.717) is 5.92 Å². The Morgan fingerprint density at radius 2 is 2.09 bits per heavy atom. The Bertz CT molecular complexity index is 669. The lowest BCUT2D eigenvalue weighted by Gasteiger charge is -2.12. The molecule has 3 N–H and O–H groups in total. The van der Waals surface area contributed by atoms with Gasteiger partial charge in [-0.3, -0.25) is 0 Å². The highest BCUT2D eigenvalue weighted by atomic mass is 15.3. The largest absolute Gasteiger partial charge is 0.370 e. The van der Waals surface area contributed by atoms with Crippen LogP contribution >= 0.6 is 0 Å². The number of fused-ring (bicyclic) bond motifs is 2. The second-order valence-corrected chi connectivity index (χ2v) is 6.63. The molecule has 0 saturated heterocycles. The van der Waals surface area contributed by atoms with Crippen molar-refractivity contribution in [2.75, 3.05) is 18.4 Å². The minimum Gasteiger partial charge on any atom is -0.370 e. The first-order valence-electron chi connectivity index (χ1n) is 8.72. The van der Waals surface area contributed by atoms with Crippen molar-refractivity contribution in [3.05, 3.63) is 23.0 Å². The van der Waals surface area contributed by atoms with Gasteiger partial charge in [-0.25, -0.2) is 4.98 Å². The number of nitrogens with zero attached hydrogens (tertiary/aromatic N) is 3. The SMILES string of the molecule is NCCCNc1c2c(nc3cc(C4CCCC4)nn13)CCC2. The Hall–Kier alpha value is -1.62. The Morgan fingerprint density at radius 3 is 2.91 bits per heavy atom. The third-order valence-corrected chi connectivity index (χ3v) is 5.09. The van der Waals surface area contributed by atoms with Crippen LogP contribution in [0.1, 0.15) is 61.4 Å². The fourth-order valence-corrected chi connectivity index (χ4v) is 3.92. The van der Waals surface area contributed by atoms with Crippen molar-refractivity contribution in [3.8, 4) is 0 Å². The van der Waals surface area contributed by atoms with E-state index in [0.717, 1.165) is 43.8 Å². The molecular weight excluding hydrogens is 274 g/mol. The highest BCUT2D eigenvalue weighted by Crippen LogP contribution is 2.35. The molecule has 0 unspecified atom stereocenters. The smallest absolute Gasteiger partial charge is 0.157 e. The fourth-order valence-electron chi connectivity index (χ4n) is 3.92. The van der Waals surface area contributed by atoms with E-state index >= 15 is 0 Å². The van der Waals surface area contributed by atoms with Crippen LogP contribution < -0.4 is 11.1 Å². The van der Waals surface area contributed by atoms with Crippen LogP contribution in [0, 0.1) is 0 Å². The van der Waals surface area contributed by atoms with E-state index in [9.17, 15) is 0 Å². The van der Waals surface area contributed by atoms with E-state index in [1.165, 1.54) is 49.1 Å². The molecular formula is C17H25N5. The molecule has 0 aromatic carbocycles. The summed E-state index contributed by atoms with van der Waals surface area (Å²) in [4.78, 5) is 4.87. The van der Waals surface area contributed by atoms with Crippen LogP contribution in [0.25, 0.3) is 5.65 Å². The van der Waals surface area contributed by atoms with Gasteiger partial charge in [0.25, 0.3) is 0 Å². The highest BCUT2D eigenvalue weighted by molar-refractivity contribution is 5.57. The zero-order valence-electron chi connectivity index (χ0n) is 13.1. The van der Waals surface area contributed by atoms with Gasteiger partial charge in [-0.2, -0.15) is 9.61 Å². The lowest BCUT2D eigenvalue weighted by Crippen LogP contribution is -2.14. The molecule has 5 heteroatoms. The van der Waals surface area contributed by atoms with Crippen molar-refractivity contribution in [2.24, 2.45) is 5.73 Å². The predicted octanol–water partition coefficient (Wildman–Crippen LogP) is 2.64. The minimum absolute atomic E-state index is 0.633. The monoisotopic (exact) mass is 299 g/mol. The third kappa shape index (κ3) is 2.37. The minimum atomic E-state index is 0.633. The van der Waals surface area contributed by atoms with Crippen LogP contribution in [0.15, 0.2) is 6.07 Å². The number of hydrogen-bond acceptors (Lipinski definition) is 4. The van der Waals surface area contributed by atoms with Gasteiger partial charge in [0.05, 0.1) is 5.69 Å². The van der Waals surface area contributed by atoms with Crippen LogP contribution in [-0.2, 0) is 12.8 Å². The van der Waals surface area contributed by atoms with Gasteiger partial charge in [-0.15, -0.1) is 0 Å². The van der Waals surface area contributed by atoms with Crippen molar-refractivity contribution in [3.63, 3.8) is 0 Å². The first kappa shape index (κ1) is 14.0. The molecule has 2 aromatic rings. The van der Waals surface area contributed by atoms with E-state index in [1.54, 1.807) is 0 Å². The van der Waals surface area contributed by atoms with Gasteiger partial charge in [-0.1, -0.05) is 12.8 Å². The normalized spacial score (nSPS) is 18.2. The zero-order valence-corrected chi connectivity index (χ0v) is 13.1. The number of hydrogen-bond donors (Lipinski definition) is 2. The van der Waals surface area contributed by atoms with Crippen LogP contribution in [0.3, 0.4) is 0 Å². The van der Waals surface area contributed by atoms with Crippen LogP contribution in [0.5, 0.6) is 0 Å². The summed E-state index contributed by atoms with van der Waals surface area (Å²) in [7, 11) is 0. The molecule has 22 heavy (non-hydrogen) atoms. The Labute approximate surface area is 131 Å². The van der Waals surface area contributed by atoms with Gasteiger partial charge >= 0.3 is 0 Å². The number of nitrogens with one attached hydrogen (secondary N) is 1. The van der Waals surface area contributed by atoms with E-state index in [-0.39, 0.29) is 0 Å². The molecule has 1 saturated carbocycles. The van der Waals surface area contributed by atoms with Crippen molar-refractivity contribution in [1.82, 2.24) is 14.6 Å². The molecule has 0 amide bonds. The second kappa shape index (κ2) is 5.88. The highest BCUT2D eigenvalue weighted by Gasteiger charge is 2.24. The molecule has 118 valence electrons. The first-order valence-corrected chi connectivity index (χ1v) is 8.72. The summed E-state index contributed by atoms with van der Waals surface area (Å²) in [5.41, 5.74) is 10.5. The Morgan fingerprint density at radius 1 is 1.23 bits per heavy atom. The fraction of sp³-hybridized carbons (Fsp3) is 0.647. The average molecular weight is 299 g/mol. The van der Waals surface area contributed by atoms with Gasteiger partial charge < -0.3 is 11.1 Å².